The summed E-state index contributed by atoms with van der Waals surface area (Å²) in [5.74, 6) is 0.00334. The molecule has 0 aliphatic heterocycles. The molecule has 1 rings (SSSR count). The average Bonchev–Trinajstić information content (AvgIpc) is 2.69. The van der Waals surface area contributed by atoms with Crippen molar-refractivity contribution in [3.05, 3.63) is 11.8 Å². The van der Waals surface area contributed by atoms with Crippen molar-refractivity contribution in [2.24, 2.45) is 17.3 Å². The number of hydrogen-bond donors (Lipinski definition) is 1. The van der Waals surface area contributed by atoms with Gasteiger partial charge in [-0.3, -0.25) is 10.1 Å². The number of carbonyl (C=O) groups is 1. The molecule has 0 aromatic carbocycles. The maximum Gasteiger partial charge on any atom is 0.356 e. The van der Waals surface area contributed by atoms with E-state index in [1.165, 1.54) is 24.2 Å². The fourth-order valence-electron chi connectivity index (χ4n) is 1.12. The van der Waals surface area contributed by atoms with Gasteiger partial charge in [-0.15, -0.1) is 0 Å². The van der Waals surface area contributed by atoms with Crippen LogP contribution in [-0.2, 0) is 11.8 Å². The zero-order valence-electron chi connectivity index (χ0n) is 10.8. The zero-order chi connectivity index (χ0) is 13.5. The first-order valence-electron chi connectivity index (χ1n) is 5.16. The van der Waals surface area contributed by atoms with Crippen molar-refractivity contribution in [1.29, 1.82) is 0 Å². The van der Waals surface area contributed by atoms with Gasteiger partial charge < -0.3 is 9.75 Å². The van der Waals surface area contributed by atoms with E-state index in [1.807, 2.05) is 0 Å². The molecular weight excluding hydrogens is 236 g/mol. The number of nitrogens with zero attached hydrogens (tertiary/aromatic N) is 5. The molecule has 0 radical (unpaired) electrons. The van der Waals surface area contributed by atoms with E-state index in [0.29, 0.717) is 11.5 Å². The van der Waals surface area contributed by atoms with E-state index in [4.69, 9.17) is 0 Å². The fourth-order valence-corrected chi connectivity index (χ4v) is 1.12. The Balaban J connectivity index is 2.61. The molecule has 8 heteroatoms. The van der Waals surface area contributed by atoms with E-state index in [-0.39, 0.29) is 0 Å². The number of anilines is 1. The van der Waals surface area contributed by atoms with Gasteiger partial charge in [0.15, 0.2) is 5.82 Å². The Morgan fingerprint density at radius 3 is 2.89 bits per heavy atom. The lowest BCUT2D eigenvalue weighted by molar-refractivity contribution is 0.0588. The number of ether oxygens (including phenoxy) is 1. The number of nitrogens with one attached hydrogen (secondary N) is 1. The van der Waals surface area contributed by atoms with Gasteiger partial charge in [-0.25, -0.2) is 4.79 Å². The highest BCUT2D eigenvalue weighted by Gasteiger charge is 2.12. The van der Waals surface area contributed by atoms with Crippen molar-refractivity contribution in [3.8, 4) is 0 Å². The van der Waals surface area contributed by atoms with Gasteiger partial charge in [0.2, 0.25) is 0 Å². The fraction of sp³-hybridized carbons (Fsp3) is 0.400. The topological polar surface area (TPSA) is 84.1 Å². The SMILES string of the molecule is COC(=O)c1cc(NN=CC=NN(C)C)nn1C. The molecule has 0 amide bonds. The monoisotopic (exact) mass is 252 g/mol. The second kappa shape index (κ2) is 6.38. The summed E-state index contributed by atoms with van der Waals surface area (Å²) >= 11 is 0. The van der Waals surface area contributed by atoms with Gasteiger partial charge in [-0.1, -0.05) is 0 Å². The highest BCUT2D eigenvalue weighted by molar-refractivity contribution is 6.16. The van der Waals surface area contributed by atoms with Crippen molar-refractivity contribution in [3.63, 3.8) is 0 Å². The molecule has 0 saturated carbocycles. The molecule has 0 atom stereocenters. The lowest BCUT2D eigenvalue weighted by Crippen LogP contribution is -2.07. The Bertz CT molecular complexity index is 463. The van der Waals surface area contributed by atoms with Gasteiger partial charge in [0.05, 0.1) is 19.5 Å². The van der Waals surface area contributed by atoms with Crippen molar-refractivity contribution in [1.82, 2.24) is 14.8 Å². The van der Waals surface area contributed by atoms with Crippen LogP contribution in [0.5, 0.6) is 0 Å². The van der Waals surface area contributed by atoms with Gasteiger partial charge in [-0.05, 0) is 0 Å². The number of carbonyl (C=O) groups excluding carboxylic acids is 1. The molecule has 1 heterocycles. The van der Waals surface area contributed by atoms with Crippen LogP contribution < -0.4 is 5.43 Å². The number of hydrazone groups is 2. The summed E-state index contributed by atoms with van der Waals surface area (Å²) in [4.78, 5) is 11.3. The van der Waals surface area contributed by atoms with E-state index in [0.717, 1.165) is 0 Å². The third-order valence-electron chi connectivity index (χ3n) is 1.89. The molecule has 0 unspecified atom stereocenters. The lowest BCUT2D eigenvalue weighted by Gasteiger charge is -1.99. The van der Waals surface area contributed by atoms with Crippen LogP contribution in [0, 0.1) is 0 Å². The number of hydrogen-bond acceptors (Lipinski definition) is 7. The minimum Gasteiger partial charge on any atom is -0.464 e. The average molecular weight is 252 g/mol. The molecule has 1 aromatic rings. The third kappa shape index (κ3) is 3.89. The third-order valence-corrected chi connectivity index (χ3v) is 1.89. The van der Waals surface area contributed by atoms with Crippen molar-refractivity contribution in [2.75, 3.05) is 26.6 Å². The van der Waals surface area contributed by atoms with Gasteiger partial charge in [0, 0.05) is 27.2 Å². The summed E-state index contributed by atoms with van der Waals surface area (Å²) in [5, 5.41) is 13.5. The van der Waals surface area contributed by atoms with Gasteiger partial charge >= 0.3 is 5.97 Å². The second-order valence-corrected chi connectivity index (χ2v) is 3.53. The summed E-state index contributed by atoms with van der Waals surface area (Å²) in [6.45, 7) is 0. The van der Waals surface area contributed by atoms with Crippen LogP contribution in [0.25, 0.3) is 0 Å². The van der Waals surface area contributed by atoms with Crippen LogP contribution in [-0.4, -0.2) is 54.4 Å². The lowest BCUT2D eigenvalue weighted by atomic mass is 10.4. The summed E-state index contributed by atoms with van der Waals surface area (Å²) in [6, 6.07) is 1.55. The molecule has 1 aromatic heterocycles. The Hall–Kier alpha value is -2.38. The summed E-state index contributed by atoms with van der Waals surface area (Å²) < 4.78 is 6.02. The number of esters is 1. The van der Waals surface area contributed by atoms with Gasteiger partial charge in [0.1, 0.15) is 5.69 Å². The second-order valence-electron chi connectivity index (χ2n) is 3.53. The standard InChI is InChI=1S/C10H16N6O2/c1-15(2)12-6-5-11-13-9-7-8(10(17)18-4)16(3)14-9/h5-7H,1-4H3,(H,13,14). The minimum absolute atomic E-state index is 0.345. The Kier molecular flexibility index (Phi) is 4.85. The number of aryl methyl sites for hydroxylation is 1. The molecule has 0 aliphatic carbocycles. The number of methoxy groups -OCH3 is 1. The number of rotatable bonds is 5. The zero-order valence-corrected chi connectivity index (χ0v) is 10.8. The molecule has 0 aliphatic rings. The molecule has 1 N–H and O–H groups in total. The van der Waals surface area contributed by atoms with E-state index >= 15 is 0 Å². The summed E-state index contributed by atoms with van der Waals surface area (Å²) in [7, 11) is 6.57. The Morgan fingerprint density at radius 1 is 1.56 bits per heavy atom. The highest BCUT2D eigenvalue weighted by atomic mass is 16.5. The Morgan fingerprint density at radius 2 is 2.28 bits per heavy atom. The highest BCUT2D eigenvalue weighted by Crippen LogP contribution is 2.08. The molecule has 18 heavy (non-hydrogen) atoms. The maximum atomic E-state index is 11.3. The molecular formula is C10H16N6O2. The molecule has 0 spiro atoms. The van der Waals surface area contributed by atoms with Crippen LogP contribution in [0.4, 0.5) is 5.82 Å². The van der Waals surface area contributed by atoms with E-state index in [2.05, 4.69) is 25.5 Å². The Labute approximate surface area is 105 Å². The van der Waals surface area contributed by atoms with Crippen LogP contribution in [0.3, 0.4) is 0 Å². The van der Waals surface area contributed by atoms with Crippen molar-refractivity contribution in [2.45, 2.75) is 0 Å². The van der Waals surface area contributed by atoms with E-state index < -0.39 is 5.97 Å². The van der Waals surface area contributed by atoms with Crippen LogP contribution in [0.1, 0.15) is 10.5 Å². The van der Waals surface area contributed by atoms with Gasteiger partial charge in [-0.2, -0.15) is 15.3 Å². The smallest absolute Gasteiger partial charge is 0.356 e. The predicted molar refractivity (Wildman–Crippen MR) is 68.8 cm³/mol. The maximum absolute atomic E-state index is 11.3. The van der Waals surface area contributed by atoms with E-state index in [1.54, 1.807) is 32.2 Å². The summed E-state index contributed by atoms with van der Waals surface area (Å²) in [5.41, 5.74) is 3.02. The van der Waals surface area contributed by atoms with Crippen molar-refractivity contribution < 1.29 is 9.53 Å². The molecule has 0 saturated heterocycles. The van der Waals surface area contributed by atoms with E-state index in [9.17, 15) is 4.79 Å². The quantitative estimate of drug-likeness (QED) is 0.458. The van der Waals surface area contributed by atoms with Crippen LogP contribution in [0.2, 0.25) is 0 Å². The van der Waals surface area contributed by atoms with Crippen LogP contribution in [0.15, 0.2) is 16.3 Å². The largest absolute Gasteiger partial charge is 0.464 e. The van der Waals surface area contributed by atoms with Crippen LogP contribution >= 0.6 is 0 Å². The normalized spacial score (nSPS) is 11.1. The van der Waals surface area contributed by atoms with Crippen molar-refractivity contribution >= 4 is 24.2 Å². The molecule has 0 fully saturated rings. The molecule has 0 bridgehead atoms. The predicted octanol–water partition coefficient (Wildman–Crippen LogP) is 0.152. The minimum atomic E-state index is -0.448. The number of aromatic nitrogens is 2. The first-order valence-corrected chi connectivity index (χ1v) is 5.16. The summed E-state index contributed by atoms with van der Waals surface area (Å²) in [6.07, 6.45) is 3.00. The first kappa shape index (κ1) is 13.7. The van der Waals surface area contributed by atoms with Gasteiger partial charge in [0.25, 0.3) is 0 Å². The molecule has 8 nitrogen and oxygen atoms in total. The first-order chi connectivity index (χ1) is 8.54. The molecule has 98 valence electrons.